The average molecular weight is 112 g/mol. The lowest BCUT2D eigenvalue weighted by molar-refractivity contribution is 0.690. The van der Waals surface area contributed by atoms with Crippen LogP contribution in [0.3, 0.4) is 0 Å². The van der Waals surface area contributed by atoms with E-state index in [1.807, 2.05) is 13.8 Å². The second kappa shape index (κ2) is 3.24. The van der Waals surface area contributed by atoms with Crippen LogP contribution in [0, 0.1) is 5.41 Å². The predicted molar refractivity (Wildman–Crippen MR) is 36.2 cm³/mol. The molecule has 0 rings (SSSR count). The predicted octanol–water partition coefficient (Wildman–Crippen LogP) is 1.15. The van der Waals surface area contributed by atoms with Crippen LogP contribution >= 0.6 is 0 Å². The Hall–Kier alpha value is -0.790. The highest BCUT2D eigenvalue weighted by molar-refractivity contribution is 5.73. The summed E-state index contributed by atoms with van der Waals surface area (Å²) < 4.78 is 0. The van der Waals surface area contributed by atoms with E-state index in [4.69, 9.17) is 5.41 Å². The van der Waals surface area contributed by atoms with E-state index >= 15 is 0 Å². The molecular formula is C6H12N2. The maximum atomic E-state index is 6.71. The quantitative estimate of drug-likeness (QED) is 0.528. The summed E-state index contributed by atoms with van der Waals surface area (Å²) in [4.78, 5) is 0. The summed E-state index contributed by atoms with van der Waals surface area (Å²) >= 11 is 0. The van der Waals surface area contributed by atoms with Gasteiger partial charge in [-0.15, -0.1) is 0 Å². The van der Waals surface area contributed by atoms with Gasteiger partial charge < -0.3 is 10.7 Å². The molecule has 0 saturated heterocycles. The SMILES string of the molecule is C=C(C=N)NC(C)C. The van der Waals surface area contributed by atoms with Gasteiger partial charge in [-0.2, -0.15) is 0 Å². The fraction of sp³-hybridized carbons (Fsp3) is 0.500. The molecule has 0 bridgehead atoms. The normalized spacial score (nSPS) is 8.88. The Balaban J connectivity index is 3.39. The van der Waals surface area contributed by atoms with E-state index in [0.29, 0.717) is 11.7 Å². The van der Waals surface area contributed by atoms with Gasteiger partial charge >= 0.3 is 0 Å². The van der Waals surface area contributed by atoms with Crippen LogP contribution in [0.15, 0.2) is 12.3 Å². The molecule has 0 heterocycles. The lowest BCUT2D eigenvalue weighted by Crippen LogP contribution is -2.21. The van der Waals surface area contributed by atoms with Gasteiger partial charge in [-0.25, -0.2) is 0 Å². The van der Waals surface area contributed by atoms with Gasteiger partial charge in [0.15, 0.2) is 0 Å². The van der Waals surface area contributed by atoms with Crippen LogP contribution < -0.4 is 5.32 Å². The van der Waals surface area contributed by atoms with Gasteiger partial charge in [0.1, 0.15) is 0 Å². The molecule has 0 aliphatic heterocycles. The highest BCUT2D eigenvalue weighted by Gasteiger charge is 1.88. The smallest absolute Gasteiger partial charge is 0.0447 e. The number of nitrogens with one attached hydrogen (secondary N) is 2. The van der Waals surface area contributed by atoms with E-state index in [1.54, 1.807) is 0 Å². The van der Waals surface area contributed by atoms with Crippen molar-refractivity contribution in [1.29, 1.82) is 5.41 Å². The molecule has 2 nitrogen and oxygen atoms in total. The number of rotatable bonds is 3. The van der Waals surface area contributed by atoms with E-state index < -0.39 is 0 Å². The molecule has 8 heavy (non-hydrogen) atoms. The Labute approximate surface area is 50.1 Å². The van der Waals surface area contributed by atoms with Crippen LogP contribution in [0.5, 0.6) is 0 Å². The van der Waals surface area contributed by atoms with Crippen molar-refractivity contribution in [1.82, 2.24) is 5.32 Å². The van der Waals surface area contributed by atoms with E-state index in [0.717, 1.165) is 0 Å². The third-order valence-electron chi connectivity index (χ3n) is 0.648. The zero-order valence-corrected chi connectivity index (χ0v) is 5.36. The van der Waals surface area contributed by atoms with Crippen LogP contribution in [0.1, 0.15) is 13.8 Å². The van der Waals surface area contributed by atoms with Crippen molar-refractivity contribution in [2.45, 2.75) is 19.9 Å². The Kier molecular flexibility index (Phi) is 2.92. The third kappa shape index (κ3) is 3.40. The molecule has 2 N–H and O–H groups in total. The Morgan fingerprint density at radius 1 is 1.75 bits per heavy atom. The van der Waals surface area contributed by atoms with Gasteiger partial charge in [-0.1, -0.05) is 6.58 Å². The average Bonchev–Trinajstić information content (AvgIpc) is 1.65. The van der Waals surface area contributed by atoms with Crippen molar-refractivity contribution in [2.75, 3.05) is 0 Å². The van der Waals surface area contributed by atoms with Crippen LogP contribution in [0.4, 0.5) is 0 Å². The first-order valence-electron chi connectivity index (χ1n) is 2.62. The zero-order chi connectivity index (χ0) is 6.57. The molecule has 0 atom stereocenters. The molecular weight excluding hydrogens is 100 g/mol. The Bertz CT molecular complexity index is 94.7. The summed E-state index contributed by atoms with van der Waals surface area (Å²) in [6.45, 7) is 7.58. The summed E-state index contributed by atoms with van der Waals surface area (Å²) in [5.41, 5.74) is 0.667. The second-order valence-electron chi connectivity index (χ2n) is 1.97. The van der Waals surface area contributed by atoms with Crippen molar-refractivity contribution in [3.8, 4) is 0 Å². The number of allylic oxidation sites excluding steroid dienone is 1. The largest absolute Gasteiger partial charge is 0.382 e. The van der Waals surface area contributed by atoms with Gasteiger partial charge in [-0.05, 0) is 13.8 Å². The minimum atomic E-state index is 0.379. The minimum Gasteiger partial charge on any atom is -0.382 e. The Morgan fingerprint density at radius 2 is 2.25 bits per heavy atom. The van der Waals surface area contributed by atoms with Gasteiger partial charge in [0, 0.05) is 18.0 Å². The third-order valence-corrected chi connectivity index (χ3v) is 0.648. The summed E-state index contributed by atoms with van der Waals surface area (Å²) in [6.07, 6.45) is 1.21. The van der Waals surface area contributed by atoms with E-state index in [1.165, 1.54) is 6.21 Å². The summed E-state index contributed by atoms with van der Waals surface area (Å²) in [6, 6.07) is 0.379. The molecule has 0 fully saturated rings. The maximum Gasteiger partial charge on any atom is 0.0447 e. The van der Waals surface area contributed by atoms with Crippen molar-refractivity contribution in [2.24, 2.45) is 0 Å². The fourth-order valence-corrected chi connectivity index (χ4v) is 0.412. The molecule has 0 radical (unpaired) electrons. The highest BCUT2D eigenvalue weighted by Crippen LogP contribution is 1.81. The molecule has 0 aromatic rings. The molecule has 0 saturated carbocycles. The van der Waals surface area contributed by atoms with Crippen LogP contribution in [0.25, 0.3) is 0 Å². The summed E-state index contributed by atoms with van der Waals surface area (Å²) in [5, 5.41) is 9.67. The standard InChI is InChI=1S/C6H12N2/c1-5(2)8-6(3)4-7/h4-5,7-8H,3H2,1-2H3. The van der Waals surface area contributed by atoms with E-state index in [2.05, 4.69) is 11.9 Å². The topological polar surface area (TPSA) is 35.9 Å². The maximum absolute atomic E-state index is 6.71. The molecule has 0 aromatic heterocycles. The van der Waals surface area contributed by atoms with E-state index in [-0.39, 0.29) is 0 Å². The summed E-state index contributed by atoms with van der Waals surface area (Å²) in [5.74, 6) is 0. The Morgan fingerprint density at radius 3 is 2.38 bits per heavy atom. The molecule has 46 valence electrons. The monoisotopic (exact) mass is 112 g/mol. The fourth-order valence-electron chi connectivity index (χ4n) is 0.412. The van der Waals surface area contributed by atoms with Crippen molar-refractivity contribution < 1.29 is 0 Å². The van der Waals surface area contributed by atoms with Crippen molar-refractivity contribution >= 4 is 6.21 Å². The van der Waals surface area contributed by atoms with Gasteiger partial charge in [0.25, 0.3) is 0 Å². The highest BCUT2D eigenvalue weighted by atomic mass is 14.9. The first kappa shape index (κ1) is 7.21. The van der Waals surface area contributed by atoms with Gasteiger partial charge in [0.05, 0.1) is 0 Å². The molecule has 0 aromatic carbocycles. The summed E-state index contributed by atoms with van der Waals surface area (Å²) in [7, 11) is 0. The molecule has 0 amide bonds. The zero-order valence-electron chi connectivity index (χ0n) is 5.36. The van der Waals surface area contributed by atoms with E-state index in [9.17, 15) is 0 Å². The lowest BCUT2D eigenvalue weighted by Gasteiger charge is -2.06. The first-order valence-corrected chi connectivity index (χ1v) is 2.62. The molecule has 0 aliphatic carbocycles. The first-order chi connectivity index (χ1) is 3.66. The van der Waals surface area contributed by atoms with Gasteiger partial charge in [-0.3, -0.25) is 0 Å². The number of hydrogen-bond acceptors (Lipinski definition) is 2. The van der Waals surface area contributed by atoms with Gasteiger partial charge in [0.2, 0.25) is 0 Å². The van der Waals surface area contributed by atoms with Crippen LogP contribution in [-0.4, -0.2) is 12.3 Å². The minimum absolute atomic E-state index is 0.379. The van der Waals surface area contributed by atoms with Crippen molar-refractivity contribution in [3.05, 3.63) is 12.3 Å². The van der Waals surface area contributed by atoms with Crippen LogP contribution in [0.2, 0.25) is 0 Å². The number of hydrogen-bond donors (Lipinski definition) is 2. The van der Waals surface area contributed by atoms with Crippen molar-refractivity contribution in [3.63, 3.8) is 0 Å². The molecule has 0 spiro atoms. The molecule has 0 aliphatic rings. The molecule has 2 heteroatoms. The second-order valence-corrected chi connectivity index (χ2v) is 1.97. The van der Waals surface area contributed by atoms with Crippen LogP contribution in [-0.2, 0) is 0 Å². The lowest BCUT2D eigenvalue weighted by atomic mass is 10.4. The molecule has 0 unspecified atom stereocenters.